The van der Waals surface area contributed by atoms with Crippen LogP contribution in [0.1, 0.15) is 38.4 Å². The van der Waals surface area contributed by atoms with E-state index in [-0.39, 0.29) is 43.2 Å². The molecule has 2 aromatic carbocycles. The molecule has 0 aliphatic rings. The lowest BCUT2D eigenvalue weighted by molar-refractivity contribution is 0.0824. The van der Waals surface area contributed by atoms with E-state index in [1.165, 1.54) is 23.3 Å². The maximum absolute atomic E-state index is 12.2. The van der Waals surface area contributed by atoms with Crippen LogP contribution in [-0.2, 0) is 0 Å². The number of nitrogens with zero attached hydrogens (tertiary/aromatic N) is 1. The van der Waals surface area contributed by atoms with Crippen molar-refractivity contribution in [3.63, 3.8) is 0 Å². The molecule has 0 bridgehead atoms. The number of phenols is 1. The first kappa shape index (κ1) is 19.2. The van der Waals surface area contributed by atoms with Crippen LogP contribution in [0.2, 0.25) is 0 Å². The highest BCUT2D eigenvalue weighted by Crippen LogP contribution is 2.33. The maximum Gasteiger partial charge on any atom is 0.257 e. The van der Waals surface area contributed by atoms with Gasteiger partial charge >= 0.3 is 0 Å². The molecule has 3 N–H and O–H groups in total. The standard InChI is InChI=1S/C20H21N3O5.2H2/c1-4-12(14-9-6-10-28-14)21-15-16(19(26)18(15)25)22-13-8-5-7-11(17(13)24)20(27)23(2)3;;/h5-10,12,21-22,24H,4H2,1-3H3;2*1H. The molecule has 1 heterocycles. The van der Waals surface area contributed by atoms with Gasteiger partial charge in [-0.25, -0.2) is 0 Å². The lowest BCUT2D eigenvalue weighted by Gasteiger charge is -2.21. The normalized spacial score (nSPS) is 12.0. The Balaban J connectivity index is 0.00000225. The van der Waals surface area contributed by atoms with Crippen molar-refractivity contribution in [1.82, 2.24) is 4.90 Å². The topological polar surface area (TPSA) is 112 Å². The third-order valence-electron chi connectivity index (χ3n) is 4.46. The Hall–Kier alpha value is -3.55. The first-order valence-electron chi connectivity index (χ1n) is 8.79. The molecule has 8 heteroatoms. The van der Waals surface area contributed by atoms with E-state index < -0.39 is 10.9 Å². The summed E-state index contributed by atoms with van der Waals surface area (Å²) in [6.45, 7) is 1.92. The summed E-state index contributed by atoms with van der Waals surface area (Å²) in [5.41, 5.74) is -0.927. The highest BCUT2D eigenvalue weighted by Gasteiger charge is 2.26. The number of carbonyl (C=O) groups is 1. The van der Waals surface area contributed by atoms with Crippen molar-refractivity contribution in [3.8, 4) is 5.75 Å². The molecule has 0 spiro atoms. The third-order valence-corrected chi connectivity index (χ3v) is 4.46. The first-order chi connectivity index (χ1) is 13.3. The van der Waals surface area contributed by atoms with E-state index in [4.69, 9.17) is 4.42 Å². The van der Waals surface area contributed by atoms with Gasteiger partial charge in [0, 0.05) is 16.9 Å². The van der Waals surface area contributed by atoms with Gasteiger partial charge in [0.1, 0.15) is 17.1 Å². The number of para-hydroxylation sites is 1. The minimum absolute atomic E-state index is 0. The molecule has 1 aromatic heterocycles. The second-order valence-corrected chi connectivity index (χ2v) is 6.56. The van der Waals surface area contributed by atoms with Crippen molar-refractivity contribution in [2.45, 2.75) is 19.4 Å². The Morgan fingerprint density at radius 1 is 1.18 bits per heavy atom. The second kappa shape index (κ2) is 7.59. The molecule has 0 aliphatic carbocycles. The van der Waals surface area contributed by atoms with E-state index in [0.29, 0.717) is 12.2 Å². The van der Waals surface area contributed by atoms with Crippen molar-refractivity contribution >= 4 is 23.0 Å². The van der Waals surface area contributed by atoms with Crippen LogP contribution in [-0.4, -0.2) is 30.0 Å². The maximum atomic E-state index is 12.2. The summed E-state index contributed by atoms with van der Waals surface area (Å²) in [7, 11) is 3.14. The number of carbonyl (C=O) groups excluding carboxylic acids is 1. The van der Waals surface area contributed by atoms with Gasteiger partial charge in [-0.3, -0.25) is 14.4 Å². The summed E-state index contributed by atoms with van der Waals surface area (Å²) < 4.78 is 5.37. The summed E-state index contributed by atoms with van der Waals surface area (Å²) in [5, 5.41) is 16.2. The molecular formula is C20H25N3O5. The predicted octanol–water partition coefficient (Wildman–Crippen LogP) is 3.08. The highest BCUT2D eigenvalue weighted by atomic mass is 16.3. The van der Waals surface area contributed by atoms with Gasteiger partial charge in [0.05, 0.1) is 23.6 Å². The summed E-state index contributed by atoms with van der Waals surface area (Å²) in [6.07, 6.45) is 2.16. The zero-order valence-electron chi connectivity index (χ0n) is 15.8. The zero-order valence-corrected chi connectivity index (χ0v) is 15.8. The molecular weight excluding hydrogens is 362 g/mol. The third kappa shape index (κ3) is 3.36. The Kier molecular flexibility index (Phi) is 5.21. The van der Waals surface area contributed by atoms with Gasteiger partial charge in [-0.05, 0) is 30.7 Å². The Labute approximate surface area is 164 Å². The molecule has 150 valence electrons. The molecule has 3 rings (SSSR count). The number of anilines is 3. The Bertz CT molecular complexity index is 1070. The van der Waals surface area contributed by atoms with E-state index in [1.807, 2.05) is 6.92 Å². The van der Waals surface area contributed by atoms with Crippen molar-refractivity contribution in [2.75, 3.05) is 24.7 Å². The molecule has 0 radical (unpaired) electrons. The number of furan rings is 1. The fourth-order valence-electron chi connectivity index (χ4n) is 2.88. The zero-order chi connectivity index (χ0) is 20.4. The summed E-state index contributed by atoms with van der Waals surface area (Å²) in [4.78, 5) is 37.6. The average Bonchev–Trinajstić information content (AvgIpc) is 3.22. The summed E-state index contributed by atoms with van der Waals surface area (Å²) >= 11 is 0. The molecule has 1 atom stereocenters. The molecule has 0 saturated carbocycles. The SMILES string of the molecule is CCC(Nc1c(Nc2cccc(C(=O)N(C)C)c2O)c(=O)c1=O)c1ccco1.[HH].[HH]. The number of aromatic hydroxyl groups is 1. The smallest absolute Gasteiger partial charge is 0.257 e. The summed E-state index contributed by atoms with van der Waals surface area (Å²) in [5.74, 6) is -0.0328. The summed E-state index contributed by atoms with van der Waals surface area (Å²) in [6, 6.07) is 7.82. The van der Waals surface area contributed by atoms with Gasteiger partial charge in [0.15, 0.2) is 5.75 Å². The molecule has 28 heavy (non-hydrogen) atoms. The van der Waals surface area contributed by atoms with Crippen LogP contribution >= 0.6 is 0 Å². The van der Waals surface area contributed by atoms with Crippen molar-refractivity contribution in [3.05, 3.63) is 68.4 Å². The van der Waals surface area contributed by atoms with Gasteiger partial charge in [-0.15, -0.1) is 0 Å². The lowest BCUT2D eigenvalue weighted by Crippen LogP contribution is -2.37. The number of hydrogen-bond donors (Lipinski definition) is 3. The van der Waals surface area contributed by atoms with E-state index in [2.05, 4.69) is 10.6 Å². The molecule has 8 nitrogen and oxygen atoms in total. The predicted molar refractivity (Wildman–Crippen MR) is 110 cm³/mol. The fraction of sp³-hybridized carbons (Fsp3) is 0.250. The largest absolute Gasteiger partial charge is 0.505 e. The van der Waals surface area contributed by atoms with Crippen LogP contribution in [0.15, 0.2) is 50.6 Å². The number of phenolic OH excluding ortho intramolecular Hbond substituents is 1. The van der Waals surface area contributed by atoms with Gasteiger partial charge < -0.3 is 25.1 Å². The molecule has 0 saturated heterocycles. The molecule has 0 aliphatic heterocycles. The fourth-order valence-corrected chi connectivity index (χ4v) is 2.88. The van der Waals surface area contributed by atoms with Crippen LogP contribution in [0.4, 0.5) is 17.1 Å². The first-order valence-corrected chi connectivity index (χ1v) is 8.79. The quantitative estimate of drug-likeness (QED) is 0.422. The lowest BCUT2D eigenvalue weighted by atomic mass is 10.1. The van der Waals surface area contributed by atoms with Crippen LogP contribution in [0.5, 0.6) is 5.75 Å². The van der Waals surface area contributed by atoms with Crippen molar-refractivity contribution < 1.29 is 17.2 Å². The minimum atomic E-state index is -0.694. The number of benzene rings is 1. The molecule has 1 unspecified atom stereocenters. The number of nitrogens with one attached hydrogen (secondary N) is 2. The van der Waals surface area contributed by atoms with E-state index in [0.717, 1.165) is 0 Å². The van der Waals surface area contributed by atoms with Gasteiger partial charge in [0.25, 0.3) is 16.8 Å². The van der Waals surface area contributed by atoms with Crippen molar-refractivity contribution in [2.24, 2.45) is 0 Å². The van der Waals surface area contributed by atoms with E-state index in [9.17, 15) is 19.5 Å². The van der Waals surface area contributed by atoms with Gasteiger partial charge in [0.2, 0.25) is 0 Å². The van der Waals surface area contributed by atoms with Gasteiger partial charge in [-0.1, -0.05) is 13.0 Å². The molecule has 3 aromatic rings. The Morgan fingerprint density at radius 2 is 1.89 bits per heavy atom. The highest BCUT2D eigenvalue weighted by molar-refractivity contribution is 5.99. The second-order valence-electron chi connectivity index (χ2n) is 6.56. The molecule has 1 amide bonds. The van der Waals surface area contributed by atoms with Gasteiger partial charge in [-0.2, -0.15) is 0 Å². The number of hydrogen-bond acceptors (Lipinski definition) is 7. The van der Waals surface area contributed by atoms with Crippen LogP contribution < -0.4 is 21.5 Å². The monoisotopic (exact) mass is 387 g/mol. The van der Waals surface area contributed by atoms with Crippen LogP contribution in [0, 0.1) is 0 Å². The minimum Gasteiger partial charge on any atom is -0.505 e. The van der Waals surface area contributed by atoms with Crippen molar-refractivity contribution in [1.29, 1.82) is 0 Å². The Morgan fingerprint density at radius 3 is 2.50 bits per heavy atom. The average molecular weight is 387 g/mol. The number of rotatable bonds is 7. The van der Waals surface area contributed by atoms with Crippen LogP contribution in [0.3, 0.4) is 0 Å². The molecule has 0 fully saturated rings. The van der Waals surface area contributed by atoms with Crippen LogP contribution in [0.25, 0.3) is 0 Å². The van der Waals surface area contributed by atoms with E-state index in [1.54, 1.807) is 32.3 Å². The number of amides is 1. The van der Waals surface area contributed by atoms with E-state index >= 15 is 0 Å².